The summed E-state index contributed by atoms with van der Waals surface area (Å²) in [5, 5.41) is 4.91. The van der Waals surface area contributed by atoms with Crippen LogP contribution in [0.4, 0.5) is 5.13 Å². The molecule has 4 N–H and O–H groups in total. The number of primary amides is 1. The van der Waals surface area contributed by atoms with Crippen LogP contribution in [0.2, 0.25) is 0 Å². The number of nitrogens with zero attached hydrogens (tertiary/aromatic N) is 2. The molecule has 1 aliphatic rings. The first-order chi connectivity index (χ1) is 14.8. The Balaban J connectivity index is 1.38. The number of anilines is 1. The number of carbonyl (C=O) groups excluding carboxylic acids is 2. The zero-order valence-corrected chi connectivity index (χ0v) is 18.9. The van der Waals surface area contributed by atoms with E-state index in [1.807, 2.05) is 0 Å². The fourth-order valence-corrected chi connectivity index (χ4v) is 7.06. The maximum atomic E-state index is 12.8. The Morgan fingerprint density at radius 1 is 1.23 bits per heavy atom. The summed E-state index contributed by atoms with van der Waals surface area (Å²) in [6, 6.07) is 4.85. The number of nitrogens with one attached hydrogen (secondary N) is 2. The molecule has 0 radical (unpaired) electrons. The Morgan fingerprint density at radius 2 is 2.00 bits per heavy atom. The SMILES string of the molecule is NC(=O)c1cc(-c2csc(NC(=O)Cc3ccc(S(=O)(=O)N4CCCCC4)s3)n2)c[nH]1. The van der Waals surface area contributed by atoms with Gasteiger partial charge in [-0.3, -0.25) is 9.59 Å². The highest BCUT2D eigenvalue weighted by Gasteiger charge is 2.27. The van der Waals surface area contributed by atoms with E-state index >= 15 is 0 Å². The first-order valence-corrected chi connectivity index (χ1v) is 12.8. The molecule has 0 spiro atoms. The topological polar surface area (TPSA) is 138 Å². The van der Waals surface area contributed by atoms with Crippen molar-refractivity contribution in [3.63, 3.8) is 0 Å². The first kappa shape index (κ1) is 21.7. The normalized spacial score (nSPS) is 15.1. The standard InChI is InChI=1S/C19H21N5O4S3/c20-18(26)14-8-12(10-21-14)15-11-29-19(22-15)23-16(25)9-13-4-5-17(30-13)31(27,28)24-6-2-1-3-7-24/h4-5,8,10-11,21H,1-3,6-7,9H2,(H2,20,26)(H,22,23,25). The molecule has 0 aliphatic carbocycles. The van der Waals surface area contributed by atoms with Crippen LogP contribution < -0.4 is 11.1 Å². The summed E-state index contributed by atoms with van der Waals surface area (Å²) in [6.07, 6.45) is 4.49. The monoisotopic (exact) mass is 479 g/mol. The van der Waals surface area contributed by atoms with Crippen LogP contribution in [0.5, 0.6) is 0 Å². The van der Waals surface area contributed by atoms with Crippen molar-refractivity contribution >= 4 is 49.6 Å². The first-order valence-electron chi connectivity index (χ1n) is 9.66. The lowest BCUT2D eigenvalue weighted by molar-refractivity contribution is -0.115. The zero-order valence-electron chi connectivity index (χ0n) is 16.5. The number of piperidine rings is 1. The molecule has 1 aliphatic heterocycles. The van der Waals surface area contributed by atoms with Crippen molar-refractivity contribution in [2.45, 2.75) is 29.9 Å². The second-order valence-electron chi connectivity index (χ2n) is 7.11. The number of carbonyl (C=O) groups is 2. The van der Waals surface area contributed by atoms with E-state index in [1.54, 1.807) is 29.8 Å². The summed E-state index contributed by atoms with van der Waals surface area (Å²) in [5.74, 6) is -0.843. The van der Waals surface area contributed by atoms with Crippen LogP contribution in [-0.2, 0) is 21.2 Å². The number of hydrogen-bond donors (Lipinski definition) is 3. The van der Waals surface area contributed by atoms with E-state index < -0.39 is 15.9 Å². The van der Waals surface area contributed by atoms with Crippen LogP contribution >= 0.6 is 22.7 Å². The number of thiazole rings is 1. The van der Waals surface area contributed by atoms with Crippen molar-refractivity contribution < 1.29 is 18.0 Å². The van der Waals surface area contributed by atoms with Crippen molar-refractivity contribution in [2.75, 3.05) is 18.4 Å². The average Bonchev–Trinajstić information content (AvgIpc) is 3.49. The third-order valence-corrected chi connectivity index (χ3v) is 9.08. The average molecular weight is 480 g/mol. The Bertz CT molecular complexity index is 1200. The predicted molar refractivity (Wildman–Crippen MR) is 120 cm³/mol. The zero-order chi connectivity index (χ0) is 22.0. The molecule has 2 amide bonds. The molecule has 0 atom stereocenters. The van der Waals surface area contributed by atoms with Gasteiger partial charge in [0.05, 0.1) is 12.1 Å². The predicted octanol–water partition coefficient (Wildman–Crippen LogP) is 2.65. The molecule has 0 aromatic carbocycles. The number of amides is 2. The minimum Gasteiger partial charge on any atom is -0.364 e. The number of H-pyrrole nitrogens is 1. The van der Waals surface area contributed by atoms with Crippen molar-refractivity contribution in [1.82, 2.24) is 14.3 Å². The van der Waals surface area contributed by atoms with Gasteiger partial charge in [0, 0.05) is 35.1 Å². The van der Waals surface area contributed by atoms with Gasteiger partial charge in [0.2, 0.25) is 5.91 Å². The Labute approximate surface area is 187 Å². The van der Waals surface area contributed by atoms with E-state index in [1.165, 1.54) is 15.6 Å². The summed E-state index contributed by atoms with van der Waals surface area (Å²) < 4.78 is 27.3. The van der Waals surface area contributed by atoms with Crippen LogP contribution in [0.1, 0.15) is 34.6 Å². The molecule has 9 nitrogen and oxygen atoms in total. The highest BCUT2D eigenvalue weighted by atomic mass is 32.2. The Hall–Kier alpha value is -2.54. The van der Waals surface area contributed by atoms with Gasteiger partial charge in [-0.1, -0.05) is 6.42 Å². The van der Waals surface area contributed by atoms with Crippen LogP contribution in [0.15, 0.2) is 34.0 Å². The maximum absolute atomic E-state index is 12.8. The summed E-state index contributed by atoms with van der Waals surface area (Å²) >= 11 is 2.38. The van der Waals surface area contributed by atoms with Crippen LogP contribution in [-0.4, -0.2) is 47.6 Å². The molecule has 1 fully saturated rings. The van der Waals surface area contributed by atoms with Gasteiger partial charge in [0.15, 0.2) is 5.13 Å². The van der Waals surface area contributed by atoms with E-state index in [0.717, 1.165) is 30.6 Å². The highest BCUT2D eigenvalue weighted by Crippen LogP contribution is 2.28. The largest absolute Gasteiger partial charge is 0.364 e. The summed E-state index contributed by atoms with van der Waals surface area (Å²) in [5.41, 5.74) is 6.81. The van der Waals surface area contributed by atoms with Crippen LogP contribution in [0.25, 0.3) is 11.3 Å². The van der Waals surface area contributed by atoms with E-state index in [-0.39, 0.29) is 22.2 Å². The van der Waals surface area contributed by atoms with Gasteiger partial charge in [-0.05, 0) is 31.0 Å². The third-order valence-electron chi connectivity index (χ3n) is 4.88. The van der Waals surface area contributed by atoms with Gasteiger partial charge >= 0.3 is 0 Å². The van der Waals surface area contributed by atoms with Crippen LogP contribution in [0.3, 0.4) is 0 Å². The minimum absolute atomic E-state index is 0.0606. The molecule has 4 heterocycles. The van der Waals surface area contributed by atoms with E-state index in [0.29, 0.717) is 34.4 Å². The summed E-state index contributed by atoms with van der Waals surface area (Å²) in [4.78, 5) is 31.4. The lowest BCUT2D eigenvalue weighted by Crippen LogP contribution is -2.35. The van der Waals surface area contributed by atoms with Gasteiger partial charge in [-0.15, -0.1) is 22.7 Å². The molecular formula is C19H21N5O4S3. The van der Waals surface area contributed by atoms with Gasteiger partial charge in [-0.2, -0.15) is 4.31 Å². The maximum Gasteiger partial charge on any atom is 0.265 e. The van der Waals surface area contributed by atoms with E-state index in [4.69, 9.17) is 5.73 Å². The van der Waals surface area contributed by atoms with Gasteiger partial charge in [0.1, 0.15) is 9.90 Å². The van der Waals surface area contributed by atoms with Crippen molar-refractivity contribution in [3.8, 4) is 11.3 Å². The fraction of sp³-hybridized carbons (Fsp3) is 0.316. The molecule has 4 rings (SSSR count). The molecule has 0 unspecified atom stereocenters. The molecule has 3 aromatic rings. The number of sulfonamides is 1. The van der Waals surface area contributed by atoms with Crippen LogP contribution in [0, 0.1) is 0 Å². The quantitative estimate of drug-likeness (QED) is 0.478. The number of thiophene rings is 1. The number of aromatic nitrogens is 2. The molecule has 0 bridgehead atoms. The molecule has 3 aromatic heterocycles. The van der Waals surface area contributed by atoms with Crippen molar-refractivity contribution in [1.29, 1.82) is 0 Å². The van der Waals surface area contributed by atoms with E-state index in [2.05, 4.69) is 15.3 Å². The molecule has 12 heteroatoms. The molecule has 1 saturated heterocycles. The minimum atomic E-state index is -3.49. The summed E-state index contributed by atoms with van der Waals surface area (Å²) in [7, 11) is -3.49. The number of hydrogen-bond acceptors (Lipinski definition) is 7. The number of aromatic amines is 1. The second-order valence-corrected chi connectivity index (χ2v) is 11.3. The lowest BCUT2D eigenvalue weighted by atomic mass is 10.2. The highest BCUT2D eigenvalue weighted by molar-refractivity contribution is 7.91. The van der Waals surface area contributed by atoms with Crippen molar-refractivity contribution in [3.05, 3.63) is 40.3 Å². The Kier molecular flexibility index (Phi) is 6.23. The van der Waals surface area contributed by atoms with Gasteiger partial charge < -0.3 is 16.0 Å². The van der Waals surface area contributed by atoms with Gasteiger partial charge in [-0.25, -0.2) is 13.4 Å². The fourth-order valence-electron chi connectivity index (χ4n) is 3.29. The molecule has 31 heavy (non-hydrogen) atoms. The van der Waals surface area contributed by atoms with E-state index in [9.17, 15) is 18.0 Å². The third kappa shape index (κ3) is 4.87. The van der Waals surface area contributed by atoms with Crippen molar-refractivity contribution in [2.24, 2.45) is 5.73 Å². The number of nitrogens with two attached hydrogens (primary N) is 1. The second kappa shape index (κ2) is 8.91. The number of rotatable bonds is 7. The smallest absolute Gasteiger partial charge is 0.265 e. The summed E-state index contributed by atoms with van der Waals surface area (Å²) in [6.45, 7) is 1.09. The Morgan fingerprint density at radius 3 is 2.71 bits per heavy atom. The molecular weight excluding hydrogens is 458 g/mol. The van der Waals surface area contributed by atoms with Gasteiger partial charge in [0.25, 0.3) is 15.9 Å². The lowest BCUT2D eigenvalue weighted by Gasteiger charge is -2.25. The molecule has 164 valence electrons. The molecule has 0 saturated carbocycles.